The highest BCUT2D eigenvalue weighted by Crippen LogP contribution is 2.35. The molecule has 0 aliphatic rings. The third kappa shape index (κ3) is 6.19. The third-order valence-corrected chi connectivity index (χ3v) is 4.06. The number of nitrogens with zero attached hydrogens (tertiary/aromatic N) is 3. The Morgan fingerprint density at radius 2 is 1.80 bits per heavy atom. The second kappa shape index (κ2) is 9.18. The summed E-state index contributed by atoms with van der Waals surface area (Å²) in [4.78, 5) is 2.70. The van der Waals surface area contributed by atoms with E-state index in [9.17, 15) is 13.2 Å². The van der Waals surface area contributed by atoms with Crippen LogP contribution in [0.15, 0.2) is 52.0 Å². The van der Waals surface area contributed by atoms with E-state index in [0.29, 0.717) is 31.6 Å². The molecule has 25 heavy (non-hydrogen) atoms. The minimum atomic E-state index is -4.47. The summed E-state index contributed by atoms with van der Waals surface area (Å²) in [5, 5.41) is 3.48. The van der Waals surface area contributed by atoms with Crippen molar-refractivity contribution in [3.05, 3.63) is 70.0 Å². The van der Waals surface area contributed by atoms with Gasteiger partial charge in [0.1, 0.15) is 5.76 Å². The Morgan fingerprint density at radius 1 is 1.04 bits per heavy atom. The molecule has 0 unspecified atom stereocenters. The van der Waals surface area contributed by atoms with Crippen molar-refractivity contribution in [3.8, 4) is 0 Å². The predicted octanol–water partition coefficient (Wildman–Crippen LogP) is 6.50. The fraction of sp³-hybridized carbons (Fsp3) is 0.444. The van der Waals surface area contributed by atoms with E-state index in [0.717, 1.165) is 24.5 Å². The van der Waals surface area contributed by atoms with Crippen molar-refractivity contribution in [3.63, 3.8) is 0 Å². The Bertz CT molecular complexity index is 691. The lowest BCUT2D eigenvalue weighted by molar-refractivity contribution is -0.153. The second-order valence-corrected chi connectivity index (χ2v) is 5.87. The molecular formula is C18H20F3N3O. The van der Waals surface area contributed by atoms with Crippen molar-refractivity contribution in [1.29, 1.82) is 0 Å². The molecule has 0 spiro atoms. The molecule has 1 heterocycles. The average molecular weight is 351 g/mol. The van der Waals surface area contributed by atoms with Gasteiger partial charge in [0.15, 0.2) is 0 Å². The lowest BCUT2D eigenvalue weighted by atomic mass is 9.92. The molecule has 0 bridgehead atoms. The number of azide groups is 1. The van der Waals surface area contributed by atoms with E-state index in [1.165, 1.54) is 6.07 Å². The first-order valence-corrected chi connectivity index (χ1v) is 8.22. The van der Waals surface area contributed by atoms with Crippen LogP contribution in [0.2, 0.25) is 0 Å². The number of alkyl halides is 3. The van der Waals surface area contributed by atoms with Gasteiger partial charge in [-0.15, -0.1) is 0 Å². The molecular weight excluding hydrogens is 331 g/mol. The van der Waals surface area contributed by atoms with Gasteiger partial charge in [-0.3, -0.25) is 0 Å². The van der Waals surface area contributed by atoms with Crippen LogP contribution < -0.4 is 0 Å². The van der Waals surface area contributed by atoms with E-state index in [1.54, 1.807) is 0 Å². The number of hydrogen-bond acceptors (Lipinski definition) is 2. The van der Waals surface area contributed by atoms with E-state index < -0.39 is 11.9 Å². The van der Waals surface area contributed by atoms with Gasteiger partial charge in [0.25, 0.3) is 0 Å². The van der Waals surface area contributed by atoms with Gasteiger partial charge in [0, 0.05) is 17.4 Å². The number of benzene rings is 1. The zero-order chi connectivity index (χ0) is 18.1. The Morgan fingerprint density at radius 3 is 2.44 bits per heavy atom. The van der Waals surface area contributed by atoms with Crippen LogP contribution in [0.1, 0.15) is 48.7 Å². The standard InChI is InChI=1S/C18H20F3N3O/c19-18(20,21)17-12-11-16(25-17)15(8-4-5-13-23-24-22)10-9-14-6-2-1-3-7-14/h1-3,6-7,11-12,15H,4-5,8-10,13H2/t15-/m1/s1. The maximum Gasteiger partial charge on any atom is 0.449 e. The Hall–Kier alpha value is -2.40. The minimum absolute atomic E-state index is 0.0950. The molecule has 0 aliphatic carbocycles. The Balaban J connectivity index is 2.02. The highest BCUT2D eigenvalue weighted by molar-refractivity contribution is 5.17. The summed E-state index contributed by atoms with van der Waals surface area (Å²) < 4.78 is 43.4. The first-order chi connectivity index (χ1) is 12.0. The number of unbranched alkanes of at least 4 members (excludes halogenated alkanes) is 1. The summed E-state index contributed by atoms with van der Waals surface area (Å²) in [7, 11) is 0. The summed E-state index contributed by atoms with van der Waals surface area (Å²) >= 11 is 0. The molecule has 1 aromatic carbocycles. The van der Waals surface area contributed by atoms with Crippen LogP contribution in [-0.4, -0.2) is 6.54 Å². The SMILES string of the molecule is [N-]=[N+]=NCCCC[C@H](CCc1ccccc1)c1ccc(C(F)(F)F)o1. The van der Waals surface area contributed by atoms with Gasteiger partial charge in [-0.05, 0) is 48.9 Å². The lowest BCUT2D eigenvalue weighted by Crippen LogP contribution is -2.04. The van der Waals surface area contributed by atoms with E-state index in [2.05, 4.69) is 10.0 Å². The topological polar surface area (TPSA) is 61.9 Å². The van der Waals surface area contributed by atoms with Gasteiger partial charge in [-0.2, -0.15) is 13.2 Å². The van der Waals surface area contributed by atoms with Crippen LogP contribution in [0.3, 0.4) is 0 Å². The van der Waals surface area contributed by atoms with Gasteiger partial charge in [-0.25, -0.2) is 0 Å². The van der Waals surface area contributed by atoms with Crippen LogP contribution in [0, 0.1) is 0 Å². The molecule has 0 saturated carbocycles. The molecule has 0 amide bonds. The molecule has 1 atom stereocenters. The van der Waals surface area contributed by atoms with Crippen LogP contribution in [0.25, 0.3) is 10.4 Å². The number of aryl methyl sites for hydroxylation is 1. The molecule has 134 valence electrons. The van der Waals surface area contributed by atoms with Crippen molar-refractivity contribution >= 4 is 0 Å². The maximum absolute atomic E-state index is 12.8. The molecule has 0 radical (unpaired) electrons. The van der Waals surface area contributed by atoms with Gasteiger partial charge in [0.05, 0.1) is 0 Å². The quantitative estimate of drug-likeness (QED) is 0.220. The van der Waals surface area contributed by atoms with Gasteiger partial charge in [0.2, 0.25) is 5.76 Å². The van der Waals surface area contributed by atoms with E-state index in [4.69, 9.17) is 9.95 Å². The van der Waals surface area contributed by atoms with Crippen LogP contribution in [0.4, 0.5) is 13.2 Å². The largest absolute Gasteiger partial charge is 0.456 e. The molecule has 2 rings (SSSR count). The Kier molecular flexibility index (Phi) is 6.95. The molecule has 1 aromatic heterocycles. The zero-order valence-electron chi connectivity index (χ0n) is 13.7. The van der Waals surface area contributed by atoms with Gasteiger partial charge < -0.3 is 4.42 Å². The van der Waals surface area contributed by atoms with Crippen molar-refractivity contribution < 1.29 is 17.6 Å². The molecule has 0 aliphatic heterocycles. The smallest absolute Gasteiger partial charge is 0.449 e. The second-order valence-electron chi connectivity index (χ2n) is 5.87. The summed E-state index contributed by atoms with van der Waals surface area (Å²) in [5.41, 5.74) is 9.42. The minimum Gasteiger partial charge on any atom is -0.456 e. The molecule has 2 aromatic rings. The average Bonchev–Trinajstić information content (AvgIpc) is 3.08. The summed E-state index contributed by atoms with van der Waals surface area (Å²) in [6, 6.07) is 12.2. The maximum atomic E-state index is 12.8. The summed E-state index contributed by atoms with van der Waals surface area (Å²) in [6.45, 7) is 0.397. The van der Waals surface area contributed by atoms with Gasteiger partial charge >= 0.3 is 6.18 Å². The fourth-order valence-electron chi connectivity index (χ4n) is 2.76. The molecule has 0 fully saturated rings. The monoisotopic (exact) mass is 351 g/mol. The molecule has 0 N–H and O–H groups in total. The first-order valence-electron chi connectivity index (χ1n) is 8.22. The van der Waals surface area contributed by atoms with E-state index in [1.807, 2.05) is 30.3 Å². The molecule has 7 heteroatoms. The first kappa shape index (κ1) is 18.9. The predicted molar refractivity (Wildman–Crippen MR) is 89.1 cm³/mol. The number of hydrogen-bond donors (Lipinski definition) is 0. The number of halogens is 3. The van der Waals surface area contributed by atoms with Crippen molar-refractivity contribution in [2.75, 3.05) is 6.54 Å². The molecule has 4 nitrogen and oxygen atoms in total. The van der Waals surface area contributed by atoms with E-state index >= 15 is 0 Å². The van der Waals surface area contributed by atoms with Crippen molar-refractivity contribution in [1.82, 2.24) is 0 Å². The molecule has 0 saturated heterocycles. The normalized spacial score (nSPS) is 12.6. The van der Waals surface area contributed by atoms with Crippen LogP contribution in [0.5, 0.6) is 0 Å². The summed E-state index contributed by atoms with van der Waals surface area (Å²) in [5.74, 6) is -0.685. The van der Waals surface area contributed by atoms with Crippen LogP contribution in [-0.2, 0) is 12.6 Å². The summed E-state index contributed by atoms with van der Waals surface area (Å²) in [6.07, 6.45) is -0.832. The highest BCUT2D eigenvalue weighted by Gasteiger charge is 2.35. The van der Waals surface area contributed by atoms with Crippen molar-refractivity contribution in [2.45, 2.75) is 44.2 Å². The van der Waals surface area contributed by atoms with Crippen LogP contribution >= 0.6 is 0 Å². The third-order valence-electron chi connectivity index (χ3n) is 4.06. The van der Waals surface area contributed by atoms with Gasteiger partial charge in [-0.1, -0.05) is 41.9 Å². The Labute approximate surface area is 144 Å². The zero-order valence-corrected chi connectivity index (χ0v) is 13.7. The fourth-order valence-corrected chi connectivity index (χ4v) is 2.76. The van der Waals surface area contributed by atoms with Crippen molar-refractivity contribution in [2.24, 2.45) is 5.11 Å². The van der Waals surface area contributed by atoms with E-state index in [-0.39, 0.29) is 5.92 Å². The number of rotatable bonds is 9. The highest BCUT2D eigenvalue weighted by atomic mass is 19.4. The number of furan rings is 1. The lowest BCUT2D eigenvalue weighted by Gasteiger charge is -2.15.